The van der Waals surface area contributed by atoms with Crippen LogP contribution in [0.2, 0.25) is 0 Å². The first-order valence-corrected chi connectivity index (χ1v) is 6.91. The lowest BCUT2D eigenvalue weighted by atomic mass is 10.3. The van der Waals surface area contributed by atoms with Gasteiger partial charge in [0.15, 0.2) is 16.6 Å². The van der Waals surface area contributed by atoms with E-state index in [9.17, 15) is 5.11 Å². The molecule has 3 aromatic rings. The molecule has 98 valence electrons. The number of aliphatic hydroxyl groups is 1. The fraction of sp³-hybridized carbons (Fsp3) is 0.364. The molecule has 0 aliphatic carbocycles. The lowest BCUT2D eigenvalue weighted by Crippen LogP contribution is -2.34. The van der Waals surface area contributed by atoms with Gasteiger partial charge in [-0.2, -0.15) is 0 Å². The molecule has 19 heavy (non-hydrogen) atoms. The van der Waals surface area contributed by atoms with E-state index >= 15 is 0 Å². The molecule has 0 saturated heterocycles. The summed E-state index contributed by atoms with van der Waals surface area (Å²) in [6, 6.07) is 0. The summed E-state index contributed by atoms with van der Waals surface area (Å²) >= 11 is 1.57. The van der Waals surface area contributed by atoms with Crippen LogP contribution in [0.1, 0.15) is 11.5 Å². The van der Waals surface area contributed by atoms with Crippen molar-refractivity contribution in [3.05, 3.63) is 29.4 Å². The molecule has 7 nitrogen and oxygen atoms in total. The molecule has 0 unspecified atom stereocenters. The Bertz CT molecular complexity index is 729. The zero-order valence-corrected chi connectivity index (χ0v) is 10.9. The zero-order valence-electron chi connectivity index (χ0n) is 10.1. The zero-order chi connectivity index (χ0) is 12.8. The highest BCUT2D eigenvalue weighted by atomic mass is 32.1. The van der Waals surface area contributed by atoms with Crippen molar-refractivity contribution < 1.29 is 5.11 Å². The number of fused-ring (bicyclic) bond motifs is 2. The number of hydrogen-bond acceptors (Lipinski definition) is 6. The average Bonchev–Trinajstić information content (AvgIpc) is 3.12. The lowest BCUT2D eigenvalue weighted by Gasteiger charge is -2.27. The topological polar surface area (TPSA) is 71.5 Å². The van der Waals surface area contributed by atoms with Crippen LogP contribution in [0.15, 0.2) is 17.9 Å². The number of nitrogens with zero attached hydrogens (tertiary/aromatic N) is 6. The van der Waals surface area contributed by atoms with Gasteiger partial charge in [-0.25, -0.2) is 4.98 Å². The molecule has 0 radical (unpaired) electrons. The molecule has 0 bridgehead atoms. The summed E-state index contributed by atoms with van der Waals surface area (Å²) in [4.78, 5) is 7.67. The lowest BCUT2D eigenvalue weighted by molar-refractivity contribution is 0.276. The largest absolute Gasteiger partial charge is 0.390 e. The van der Waals surface area contributed by atoms with Crippen molar-refractivity contribution in [3.63, 3.8) is 0 Å². The number of thiazole rings is 1. The molecule has 0 saturated carbocycles. The quantitative estimate of drug-likeness (QED) is 0.738. The van der Waals surface area contributed by atoms with Crippen LogP contribution in [0.4, 0.5) is 5.82 Å². The summed E-state index contributed by atoms with van der Waals surface area (Å²) in [5, 5.41) is 19.6. The molecule has 1 N–H and O–H groups in total. The van der Waals surface area contributed by atoms with E-state index in [1.165, 1.54) is 0 Å². The van der Waals surface area contributed by atoms with Crippen molar-refractivity contribution in [2.24, 2.45) is 0 Å². The number of aromatic nitrogens is 5. The minimum Gasteiger partial charge on any atom is -0.390 e. The van der Waals surface area contributed by atoms with Crippen LogP contribution < -0.4 is 4.90 Å². The van der Waals surface area contributed by atoms with Gasteiger partial charge >= 0.3 is 0 Å². The van der Waals surface area contributed by atoms with Crippen molar-refractivity contribution in [1.82, 2.24) is 24.1 Å². The second-order valence-electron chi connectivity index (χ2n) is 4.46. The number of rotatable bonds is 2. The molecular formula is C11H12N6OS. The molecule has 0 atom stereocenters. The van der Waals surface area contributed by atoms with Crippen LogP contribution in [0, 0.1) is 0 Å². The molecule has 0 amide bonds. The average molecular weight is 276 g/mol. The van der Waals surface area contributed by atoms with E-state index < -0.39 is 0 Å². The minimum atomic E-state index is -0.0174. The number of hydrogen-bond donors (Lipinski definition) is 1. The summed E-state index contributed by atoms with van der Waals surface area (Å²) in [5.74, 6) is 1.79. The van der Waals surface area contributed by atoms with Gasteiger partial charge in [0.05, 0.1) is 18.8 Å². The van der Waals surface area contributed by atoms with Crippen molar-refractivity contribution in [2.45, 2.75) is 19.7 Å². The van der Waals surface area contributed by atoms with E-state index in [0.717, 1.165) is 35.4 Å². The molecule has 4 rings (SSSR count). The van der Waals surface area contributed by atoms with E-state index in [-0.39, 0.29) is 6.61 Å². The Morgan fingerprint density at radius 2 is 2.32 bits per heavy atom. The maximum atomic E-state index is 9.59. The van der Waals surface area contributed by atoms with E-state index in [4.69, 9.17) is 0 Å². The number of imidazole rings is 1. The van der Waals surface area contributed by atoms with E-state index in [1.807, 2.05) is 20.5 Å². The van der Waals surface area contributed by atoms with Gasteiger partial charge in [0.25, 0.3) is 0 Å². The van der Waals surface area contributed by atoms with Crippen molar-refractivity contribution in [2.75, 3.05) is 11.4 Å². The molecule has 3 aromatic heterocycles. The molecule has 4 heterocycles. The fourth-order valence-corrected chi connectivity index (χ4v) is 3.20. The van der Waals surface area contributed by atoms with Crippen molar-refractivity contribution in [3.8, 4) is 0 Å². The summed E-state index contributed by atoms with van der Waals surface area (Å²) in [7, 11) is 0. The van der Waals surface area contributed by atoms with Crippen molar-refractivity contribution in [1.29, 1.82) is 0 Å². The van der Waals surface area contributed by atoms with Gasteiger partial charge in [-0.05, 0) is 0 Å². The van der Waals surface area contributed by atoms with Gasteiger partial charge < -0.3 is 14.6 Å². The molecule has 0 spiro atoms. The minimum absolute atomic E-state index is 0.0174. The maximum absolute atomic E-state index is 9.59. The Labute approximate surface area is 112 Å². The smallest absolute Gasteiger partial charge is 0.195 e. The number of aliphatic hydroxyl groups excluding tert-OH is 1. The number of anilines is 1. The first-order chi connectivity index (χ1) is 9.36. The Hall–Kier alpha value is -1.93. The Morgan fingerprint density at radius 3 is 3.21 bits per heavy atom. The van der Waals surface area contributed by atoms with E-state index in [1.54, 1.807) is 17.7 Å². The van der Waals surface area contributed by atoms with Crippen LogP contribution in [0.25, 0.3) is 4.96 Å². The predicted molar refractivity (Wildman–Crippen MR) is 70.1 cm³/mol. The Morgan fingerprint density at radius 1 is 1.37 bits per heavy atom. The third kappa shape index (κ3) is 1.57. The molecule has 1 aliphatic heterocycles. The third-order valence-electron chi connectivity index (χ3n) is 3.43. The summed E-state index contributed by atoms with van der Waals surface area (Å²) in [5.41, 5.74) is 0.837. The third-order valence-corrected chi connectivity index (χ3v) is 4.18. The monoisotopic (exact) mass is 276 g/mol. The highest BCUT2D eigenvalue weighted by Crippen LogP contribution is 2.27. The van der Waals surface area contributed by atoms with Crippen LogP contribution in [-0.4, -0.2) is 35.8 Å². The van der Waals surface area contributed by atoms with Crippen molar-refractivity contribution >= 4 is 22.1 Å². The fourth-order valence-electron chi connectivity index (χ4n) is 2.47. The first-order valence-electron chi connectivity index (χ1n) is 6.04. The SMILES string of the molecule is OCc1c(N2CCn3cnnc3C2)nc2sccn12. The van der Waals surface area contributed by atoms with Gasteiger partial charge in [-0.1, -0.05) is 0 Å². The molecule has 0 aromatic carbocycles. The Kier molecular flexibility index (Phi) is 2.32. The molecule has 0 fully saturated rings. The summed E-state index contributed by atoms with van der Waals surface area (Å²) in [6.45, 7) is 2.36. The summed E-state index contributed by atoms with van der Waals surface area (Å²) < 4.78 is 3.99. The molecule has 1 aliphatic rings. The van der Waals surface area contributed by atoms with Gasteiger partial charge in [0, 0.05) is 24.7 Å². The van der Waals surface area contributed by atoms with Gasteiger partial charge in [0.2, 0.25) is 0 Å². The van der Waals surface area contributed by atoms with E-state index in [0.29, 0.717) is 6.54 Å². The van der Waals surface area contributed by atoms with Gasteiger partial charge in [-0.3, -0.25) is 4.40 Å². The van der Waals surface area contributed by atoms with Crippen LogP contribution in [0.3, 0.4) is 0 Å². The normalized spacial score (nSPS) is 15.1. The molecular weight excluding hydrogens is 264 g/mol. The second-order valence-corrected chi connectivity index (χ2v) is 5.33. The predicted octanol–water partition coefficient (Wildman–Crippen LogP) is 0.500. The van der Waals surface area contributed by atoms with Crippen LogP contribution in [0.5, 0.6) is 0 Å². The standard InChI is InChI=1S/C11H12N6OS/c18-6-8-10(13-11-17(8)3-4-19-11)15-1-2-16-7-12-14-9(16)5-15/h3-4,7,18H,1-2,5-6H2. The Balaban J connectivity index is 1.77. The van der Waals surface area contributed by atoms with Crippen LogP contribution >= 0.6 is 11.3 Å². The molecule has 8 heteroatoms. The highest BCUT2D eigenvalue weighted by molar-refractivity contribution is 7.15. The summed E-state index contributed by atoms with van der Waals surface area (Å²) in [6.07, 6.45) is 3.69. The first kappa shape index (κ1) is 10.9. The maximum Gasteiger partial charge on any atom is 0.195 e. The highest BCUT2D eigenvalue weighted by Gasteiger charge is 2.23. The van der Waals surface area contributed by atoms with Gasteiger partial charge in [-0.15, -0.1) is 21.5 Å². The second kappa shape index (κ2) is 4.04. The van der Waals surface area contributed by atoms with E-state index in [2.05, 4.69) is 20.1 Å². The van der Waals surface area contributed by atoms with Gasteiger partial charge in [0.1, 0.15) is 6.33 Å². The van der Waals surface area contributed by atoms with Crippen LogP contribution in [-0.2, 0) is 19.7 Å².